The molecule has 0 saturated carbocycles. The quantitative estimate of drug-likeness (QED) is 0.164. The number of thiazole rings is 1. The van der Waals surface area contributed by atoms with Crippen LogP contribution in [0.5, 0.6) is 5.75 Å². The first kappa shape index (κ1) is 24.0. The Hall–Kier alpha value is -4.82. The molecule has 1 saturated heterocycles. The fraction of sp³-hybridized carbons (Fsp3) is 0.152. The molecule has 7 nitrogen and oxygen atoms in total. The first-order valence-corrected chi connectivity index (χ1v) is 14.3. The number of hydrazone groups is 1. The van der Waals surface area contributed by atoms with Gasteiger partial charge in [-0.2, -0.15) is 5.10 Å². The van der Waals surface area contributed by atoms with E-state index in [1.54, 1.807) is 19.2 Å². The second-order valence-electron chi connectivity index (χ2n) is 10.6. The van der Waals surface area contributed by atoms with Crippen LogP contribution in [0, 0.1) is 11.8 Å². The van der Waals surface area contributed by atoms with Gasteiger partial charge in [-0.3, -0.25) is 15.0 Å². The lowest BCUT2D eigenvalue weighted by atomic mass is 9.47. The van der Waals surface area contributed by atoms with Crippen LogP contribution in [0.15, 0.2) is 102 Å². The van der Waals surface area contributed by atoms with Crippen molar-refractivity contribution in [3.8, 4) is 5.75 Å². The number of hydrogen-bond donors (Lipinski definition) is 1. The Balaban J connectivity index is 1.32. The average Bonchev–Trinajstić information content (AvgIpc) is 3.55. The summed E-state index contributed by atoms with van der Waals surface area (Å²) in [5.74, 6) is -1.46. The first-order chi connectivity index (χ1) is 20.1. The van der Waals surface area contributed by atoms with Crippen LogP contribution in [0.2, 0.25) is 0 Å². The minimum absolute atomic E-state index is 0.213. The lowest BCUT2D eigenvalue weighted by Gasteiger charge is -2.52. The maximum Gasteiger partial charge on any atom is 0.239 e. The van der Waals surface area contributed by atoms with E-state index in [-0.39, 0.29) is 17.7 Å². The minimum Gasteiger partial charge on any atom is -0.495 e. The van der Waals surface area contributed by atoms with Crippen molar-refractivity contribution in [1.29, 1.82) is 0 Å². The number of carbonyl (C=O) groups is 2. The highest BCUT2D eigenvalue weighted by atomic mass is 32.1. The molecule has 5 aromatic rings. The van der Waals surface area contributed by atoms with Crippen molar-refractivity contribution >= 4 is 50.4 Å². The molecule has 0 spiro atoms. The molecule has 1 aliphatic heterocycles. The third kappa shape index (κ3) is 3.19. The van der Waals surface area contributed by atoms with E-state index in [1.165, 1.54) is 16.2 Å². The summed E-state index contributed by atoms with van der Waals surface area (Å²) in [6, 6.07) is 31.4. The molecule has 8 heteroatoms. The van der Waals surface area contributed by atoms with E-state index in [9.17, 15) is 9.59 Å². The van der Waals surface area contributed by atoms with Crippen molar-refractivity contribution in [2.24, 2.45) is 16.9 Å². The van der Waals surface area contributed by atoms with E-state index in [4.69, 9.17) is 9.84 Å². The van der Waals surface area contributed by atoms with E-state index in [2.05, 4.69) is 34.7 Å². The summed E-state index contributed by atoms with van der Waals surface area (Å²) >= 11 is 1.51. The Morgan fingerprint density at radius 1 is 0.878 bits per heavy atom. The number of fused-ring (bicyclic) bond motifs is 1. The second kappa shape index (κ2) is 8.84. The Morgan fingerprint density at radius 2 is 1.54 bits per heavy atom. The first-order valence-electron chi connectivity index (χ1n) is 13.5. The molecule has 41 heavy (non-hydrogen) atoms. The van der Waals surface area contributed by atoms with Crippen molar-refractivity contribution in [3.05, 3.63) is 119 Å². The SMILES string of the molecule is COc1ccccc1N1C(=O)[C@@H]2[C@@H](C1=O)C1c3ccccc3C2(/C=N\Nc2nc3ccccc3s2)c2ccccc21. The third-order valence-corrected chi connectivity index (χ3v) is 9.67. The zero-order valence-electron chi connectivity index (χ0n) is 22.0. The zero-order chi connectivity index (χ0) is 27.7. The molecule has 0 unspecified atom stereocenters. The summed E-state index contributed by atoms with van der Waals surface area (Å²) < 4.78 is 6.63. The summed E-state index contributed by atoms with van der Waals surface area (Å²) in [5.41, 5.74) is 7.65. The maximum atomic E-state index is 14.5. The lowest BCUT2D eigenvalue weighted by Crippen LogP contribution is -2.54. The van der Waals surface area contributed by atoms with Gasteiger partial charge in [0.15, 0.2) is 0 Å². The monoisotopic (exact) mass is 556 g/mol. The van der Waals surface area contributed by atoms with Crippen LogP contribution < -0.4 is 15.1 Å². The molecule has 2 bridgehead atoms. The van der Waals surface area contributed by atoms with Crippen molar-refractivity contribution in [1.82, 2.24) is 4.98 Å². The molecular weight excluding hydrogens is 532 g/mol. The second-order valence-corrected chi connectivity index (χ2v) is 11.6. The number of hydrogen-bond acceptors (Lipinski definition) is 7. The standard InChI is InChI=1S/C33H24N4O3S/c1-40-25-16-8-7-15-24(25)37-30(38)28-27-19-10-2-4-12-21(19)33(29(28)31(37)39,22-13-5-3-11-20(22)27)18-34-36-32-35-23-14-6-9-17-26(23)41-32/h2-18,27-29H,1H3,(H,35,36)/b34-18-/t27?,28-,29-,33?/m0/s1. The van der Waals surface area contributed by atoms with Gasteiger partial charge >= 0.3 is 0 Å². The van der Waals surface area contributed by atoms with E-state index < -0.39 is 17.3 Å². The van der Waals surface area contributed by atoms with Gasteiger partial charge in [-0.1, -0.05) is 84.1 Å². The van der Waals surface area contributed by atoms with Crippen LogP contribution in [0.25, 0.3) is 10.2 Å². The molecule has 9 rings (SSSR count). The van der Waals surface area contributed by atoms with Crippen LogP contribution >= 0.6 is 11.3 Å². The summed E-state index contributed by atoms with van der Waals surface area (Å²) in [7, 11) is 1.55. The number of aromatic nitrogens is 1. The smallest absolute Gasteiger partial charge is 0.239 e. The largest absolute Gasteiger partial charge is 0.495 e. The van der Waals surface area contributed by atoms with Crippen LogP contribution in [0.4, 0.5) is 10.8 Å². The Kier molecular flexibility index (Phi) is 5.18. The molecule has 2 amide bonds. The van der Waals surface area contributed by atoms with E-state index in [1.807, 2.05) is 66.9 Å². The van der Waals surface area contributed by atoms with Gasteiger partial charge in [0, 0.05) is 12.1 Å². The molecule has 3 aliphatic carbocycles. The van der Waals surface area contributed by atoms with Crippen LogP contribution in [0.1, 0.15) is 28.2 Å². The van der Waals surface area contributed by atoms with Gasteiger partial charge in [0.05, 0.1) is 40.3 Å². The Morgan fingerprint density at radius 3 is 2.27 bits per heavy atom. The topological polar surface area (TPSA) is 83.9 Å². The number of methoxy groups -OCH3 is 1. The molecule has 0 radical (unpaired) electrons. The Bertz CT molecular complexity index is 1830. The number of anilines is 2. The van der Waals surface area contributed by atoms with Gasteiger partial charge < -0.3 is 4.74 Å². The highest BCUT2D eigenvalue weighted by Gasteiger charge is 2.68. The number of carbonyl (C=O) groups excluding carboxylic acids is 2. The third-order valence-electron chi connectivity index (χ3n) is 8.73. The number of nitrogens with one attached hydrogen (secondary N) is 1. The van der Waals surface area contributed by atoms with E-state index in [0.29, 0.717) is 16.6 Å². The van der Waals surface area contributed by atoms with Crippen molar-refractivity contribution in [2.45, 2.75) is 11.3 Å². The fourth-order valence-corrected chi connectivity index (χ4v) is 8.03. The molecule has 4 aromatic carbocycles. The number of rotatable bonds is 5. The van der Waals surface area contributed by atoms with Gasteiger partial charge in [-0.15, -0.1) is 0 Å². The van der Waals surface area contributed by atoms with Crippen molar-refractivity contribution in [2.75, 3.05) is 17.4 Å². The summed E-state index contributed by atoms with van der Waals surface area (Å²) in [4.78, 5) is 34.9. The van der Waals surface area contributed by atoms with Crippen LogP contribution in [-0.2, 0) is 15.0 Å². The molecule has 1 fully saturated rings. The van der Waals surface area contributed by atoms with Crippen LogP contribution in [0.3, 0.4) is 0 Å². The summed E-state index contributed by atoms with van der Waals surface area (Å²) in [5, 5.41) is 5.40. The van der Waals surface area contributed by atoms with Gasteiger partial charge in [-0.25, -0.2) is 9.88 Å². The molecular formula is C33H24N4O3S. The highest BCUT2D eigenvalue weighted by Crippen LogP contribution is 2.64. The molecule has 2 atom stereocenters. The number of para-hydroxylation sites is 3. The van der Waals surface area contributed by atoms with E-state index in [0.717, 1.165) is 32.5 Å². The number of amides is 2. The summed E-state index contributed by atoms with van der Waals surface area (Å²) in [6.45, 7) is 0. The minimum atomic E-state index is -0.959. The maximum absolute atomic E-state index is 14.5. The average molecular weight is 557 g/mol. The van der Waals surface area contributed by atoms with Crippen molar-refractivity contribution in [3.63, 3.8) is 0 Å². The van der Waals surface area contributed by atoms with Crippen molar-refractivity contribution < 1.29 is 14.3 Å². The summed E-state index contributed by atoms with van der Waals surface area (Å²) in [6.07, 6.45) is 1.83. The number of benzene rings is 4. The molecule has 2 heterocycles. The fourth-order valence-electron chi connectivity index (χ4n) is 7.21. The molecule has 1 N–H and O–H groups in total. The molecule has 200 valence electrons. The number of imide groups is 1. The van der Waals surface area contributed by atoms with E-state index >= 15 is 0 Å². The zero-order valence-corrected chi connectivity index (χ0v) is 22.8. The van der Waals surface area contributed by atoms with Gasteiger partial charge in [-0.05, 0) is 46.5 Å². The Labute approximate surface area is 240 Å². The molecule has 4 aliphatic rings. The highest BCUT2D eigenvalue weighted by molar-refractivity contribution is 7.22. The number of nitrogens with zero attached hydrogens (tertiary/aromatic N) is 3. The van der Waals surface area contributed by atoms with Gasteiger partial charge in [0.25, 0.3) is 0 Å². The predicted octanol–water partition coefficient (Wildman–Crippen LogP) is 5.95. The van der Waals surface area contributed by atoms with Crippen LogP contribution in [-0.4, -0.2) is 30.1 Å². The lowest BCUT2D eigenvalue weighted by molar-refractivity contribution is -0.122. The van der Waals surface area contributed by atoms with Gasteiger partial charge in [0.2, 0.25) is 16.9 Å². The predicted molar refractivity (Wildman–Crippen MR) is 160 cm³/mol. The molecule has 1 aromatic heterocycles. The van der Waals surface area contributed by atoms with Gasteiger partial charge in [0.1, 0.15) is 5.75 Å². The normalized spacial score (nSPS) is 24.0. The number of ether oxygens (including phenoxy) is 1.